The van der Waals surface area contributed by atoms with E-state index in [1.807, 2.05) is 6.08 Å². The Morgan fingerprint density at radius 3 is 2.76 bits per heavy atom. The Morgan fingerprint density at radius 2 is 2.18 bits per heavy atom. The summed E-state index contributed by atoms with van der Waals surface area (Å²) in [5.74, 6) is -0.00420. The van der Waals surface area contributed by atoms with Crippen LogP contribution in [-0.4, -0.2) is 16.2 Å². The summed E-state index contributed by atoms with van der Waals surface area (Å²) >= 11 is 5.46. The molecule has 94 valence electrons. The minimum Gasteiger partial charge on any atom is -0.349 e. The summed E-state index contributed by atoms with van der Waals surface area (Å²) in [6, 6.07) is 2.11. The van der Waals surface area contributed by atoms with Gasteiger partial charge in [-0.25, -0.2) is 0 Å². The number of allylic oxidation sites excluding steroid dienone is 1. The molecule has 0 N–H and O–H groups in total. The Bertz CT molecular complexity index is 418. The summed E-state index contributed by atoms with van der Waals surface area (Å²) in [4.78, 5) is 11.1. The third-order valence-electron chi connectivity index (χ3n) is 2.93. The number of rotatable bonds is 6. The lowest BCUT2D eigenvalue weighted by atomic mass is 10.2. The molecule has 2 nitrogen and oxygen atoms in total. The molecular formula is C14H20ClNO. The maximum absolute atomic E-state index is 11.1. The smallest absolute Gasteiger partial charge is 0.170 e. The average molecular weight is 254 g/mol. The molecule has 0 saturated heterocycles. The Hall–Kier alpha value is -1.02. The van der Waals surface area contributed by atoms with Crippen LogP contribution in [0.1, 0.15) is 36.7 Å². The van der Waals surface area contributed by atoms with E-state index in [-0.39, 0.29) is 11.7 Å². The highest BCUT2D eigenvalue weighted by Gasteiger charge is 2.06. The summed E-state index contributed by atoms with van der Waals surface area (Å²) in [6.07, 6.45) is 5.78. The van der Waals surface area contributed by atoms with Crippen molar-refractivity contribution in [1.29, 1.82) is 0 Å². The number of hydrogen-bond donors (Lipinski definition) is 0. The first-order chi connectivity index (χ1) is 8.10. The molecule has 1 rings (SSSR count). The molecule has 0 spiro atoms. The van der Waals surface area contributed by atoms with Gasteiger partial charge in [0.2, 0.25) is 0 Å². The van der Waals surface area contributed by atoms with Crippen LogP contribution in [0.15, 0.2) is 12.1 Å². The number of hydrogen-bond acceptors (Lipinski definition) is 1. The van der Waals surface area contributed by atoms with E-state index in [2.05, 4.69) is 31.4 Å². The zero-order valence-corrected chi connectivity index (χ0v) is 11.5. The molecule has 0 bridgehead atoms. The Morgan fingerprint density at radius 1 is 1.47 bits per heavy atom. The molecule has 0 aliphatic rings. The van der Waals surface area contributed by atoms with Gasteiger partial charge < -0.3 is 4.57 Å². The van der Waals surface area contributed by atoms with E-state index in [1.165, 1.54) is 24.2 Å². The molecule has 1 aromatic rings. The third-order valence-corrected chi connectivity index (χ3v) is 3.19. The topological polar surface area (TPSA) is 22.0 Å². The Labute approximate surface area is 108 Å². The molecule has 0 amide bonds. The van der Waals surface area contributed by atoms with Gasteiger partial charge in [-0.3, -0.25) is 4.79 Å². The van der Waals surface area contributed by atoms with E-state index in [0.29, 0.717) is 0 Å². The lowest BCUT2D eigenvalue weighted by molar-refractivity contribution is -0.112. The molecule has 0 fully saturated rings. The van der Waals surface area contributed by atoms with E-state index >= 15 is 0 Å². The van der Waals surface area contributed by atoms with Crippen molar-refractivity contribution in [3.8, 4) is 0 Å². The lowest BCUT2D eigenvalue weighted by Crippen LogP contribution is -2.02. The van der Waals surface area contributed by atoms with Gasteiger partial charge >= 0.3 is 0 Å². The summed E-state index contributed by atoms with van der Waals surface area (Å²) < 4.78 is 2.30. The van der Waals surface area contributed by atoms with Crippen LogP contribution in [0.25, 0.3) is 6.08 Å². The second-order valence-corrected chi connectivity index (χ2v) is 4.53. The first kappa shape index (κ1) is 14.0. The normalized spacial score (nSPS) is 11.3. The number of carbonyl (C=O) groups is 1. The molecule has 0 radical (unpaired) electrons. The first-order valence-electron chi connectivity index (χ1n) is 6.03. The van der Waals surface area contributed by atoms with Crippen LogP contribution in [-0.2, 0) is 11.3 Å². The van der Waals surface area contributed by atoms with Crippen molar-refractivity contribution in [2.24, 2.45) is 0 Å². The monoisotopic (exact) mass is 253 g/mol. The molecule has 0 saturated carbocycles. The fourth-order valence-corrected chi connectivity index (χ4v) is 1.97. The van der Waals surface area contributed by atoms with Crippen molar-refractivity contribution in [1.82, 2.24) is 4.57 Å². The SMILES string of the molecule is CCCCn1c(C)cc(/C=C/C(=O)CCl)c1C. The van der Waals surface area contributed by atoms with Gasteiger partial charge in [0.05, 0.1) is 5.88 Å². The summed E-state index contributed by atoms with van der Waals surface area (Å²) in [6.45, 7) is 7.43. The van der Waals surface area contributed by atoms with Gasteiger partial charge in [-0.05, 0) is 44.1 Å². The molecule has 0 unspecified atom stereocenters. The highest BCUT2D eigenvalue weighted by molar-refractivity contribution is 6.29. The zero-order chi connectivity index (χ0) is 12.8. The molecular weight excluding hydrogens is 234 g/mol. The number of ketones is 1. The van der Waals surface area contributed by atoms with Crippen molar-refractivity contribution in [2.45, 2.75) is 40.2 Å². The quantitative estimate of drug-likeness (QED) is 0.559. The molecule has 0 aliphatic carbocycles. The van der Waals surface area contributed by atoms with Crippen LogP contribution in [0, 0.1) is 13.8 Å². The Kier molecular flexibility index (Phi) is 5.49. The number of halogens is 1. The van der Waals surface area contributed by atoms with Gasteiger partial charge in [-0.1, -0.05) is 13.3 Å². The number of alkyl halides is 1. The van der Waals surface area contributed by atoms with Gasteiger partial charge in [0.15, 0.2) is 5.78 Å². The van der Waals surface area contributed by atoms with Crippen molar-refractivity contribution in [3.63, 3.8) is 0 Å². The standard InChI is InChI=1S/C14H20ClNO/c1-4-5-8-16-11(2)9-13(12(16)3)6-7-14(17)10-15/h6-7,9H,4-5,8,10H2,1-3H3/b7-6+. The second kappa shape index (κ2) is 6.65. The minimum absolute atomic E-state index is 0.0467. The highest BCUT2D eigenvalue weighted by atomic mass is 35.5. The number of aromatic nitrogens is 1. The van der Waals surface area contributed by atoms with Crippen LogP contribution in [0.5, 0.6) is 0 Å². The van der Waals surface area contributed by atoms with Gasteiger partial charge in [0.1, 0.15) is 0 Å². The zero-order valence-electron chi connectivity index (χ0n) is 10.8. The lowest BCUT2D eigenvalue weighted by Gasteiger charge is -2.08. The highest BCUT2D eigenvalue weighted by Crippen LogP contribution is 2.17. The summed E-state index contributed by atoms with van der Waals surface area (Å²) in [5.41, 5.74) is 3.57. The number of nitrogens with zero attached hydrogens (tertiary/aromatic N) is 1. The van der Waals surface area contributed by atoms with Gasteiger partial charge in [-0.15, -0.1) is 11.6 Å². The summed E-state index contributed by atoms with van der Waals surface area (Å²) in [5, 5.41) is 0. The van der Waals surface area contributed by atoms with Crippen LogP contribution < -0.4 is 0 Å². The van der Waals surface area contributed by atoms with E-state index in [4.69, 9.17) is 11.6 Å². The fraction of sp³-hybridized carbons (Fsp3) is 0.500. The average Bonchev–Trinajstić information content (AvgIpc) is 2.59. The van der Waals surface area contributed by atoms with Crippen LogP contribution >= 0.6 is 11.6 Å². The van der Waals surface area contributed by atoms with E-state index in [9.17, 15) is 4.79 Å². The predicted molar refractivity (Wildman–Crippen MR) is 73.6 cm³/mol. The second-order valence-electron chi connectivity index (χ2n) is 4.26. The van der Waals surface area contributed by atoms with E-state index in [1.54, 1.807) is 6.08 Å². The Balaban J connectivity index is 2.88. The molecule has 3 heteroatoms. The van der Waals surface area contributed by atoms with Crippen LogP contribution in [0.2, 0.25) is 0 Å². The van der Waals surface area contributed by atoms with Crippen LogP contribution in [0.4, 0.5) is 0 Å². The molecule has 1 heterocycles. The third kappa shape index (κ3) is 3.74. The summed E-state index contributed by atoms with van der Waals surface area (Å²) in [7, 11) is 0. The minimum atomic E-state index is -0.0509. The van der Waals surface area contributed by atoms with Crippen molar-refractivity contribution in [2.75, 3.05) is 5.88 Å². The maximum atomic E-state index is 11.1. The van der Waals surface area contributed by atoms with Crippen molar-refractivity contribution in [3.05, 3.63) is 29.1 Å². The fourth-order valence-electron chi connectivity index (χ4n) is 1.88. The van der Waals surface area contributed by atoms with E-state index in [0.717, 1.165) is 12.1 Å². The first-order valence-corrected chi connectivity index (χ1v) is 6.57. The van der Waals surface area contributed by atoms with Crippen molar-refractivity contribution < 1.29 is 4.79 Å². The molecule has 0 atom stereocenters. The van der Waals surface area contributed by atoms with E-state index < -0.39 is 0 Å². The number of carbonyl (C=O) groups excluding carboxylic acids is 1. The van der Waals surface area contributed by atoms with Gasteiger partial charge in [-0.2, -0.15) is 0 Å². The predicted octanol–water partition coefficient (Wildman–Crippen LogP) is 3.73. The van der Waals surface area contributed by atoms with Gasteiger partial charge in [0, 0.05) is 17.9 Å². The molecule has 0 aliphatic heterocycles. The number of unbranched alkanes of at least 4 members (excludes halogenated alkanes) is 1. The van der Waals surface area contributed by atoms with Gasteiger partial charge in [0.25, 0.3) is 0 Å². The van der Waals surface area contributed by atoms with Crippen LogP contribution in [0.3, 0.4) is 0 Å². The number of aryl methyl sites for hydroxylation is 1. The molecule has 17 heavy (non-hydrogen) atoms. The largest absolute Gasteiger partial charge is 0.349 e. The maximum Gasteiger partial charge on any atom is 0.170 e. The molecule has 1 aromatic heterocycles. The van der Waals surface area contributed by atoms with Crippen molar-refractivity contribution >= 4 is 23.5 Å². The molecule has 0 aromatic carbocycles.